The molecule has 0 saturated heterocycles. The number of amides is 3. The van der Waals surface area contributed by atoms with Crippen LogP contribution in [0.5, 0.6) is 5.75 Å². The maximum absolute atomic E-state index is 13.8. The summed E-state index contributed by atoms with van der Waals surface area (Å²) in [6.07, 6.45) is -6.97. The molecule has 1 aromatic carbocycles. The minimum atomic E-state index is -5.10. The van der Waals surface area contributed by atoms with Gasteiger partial charge in [-0.2, -0.15) is 0 Å². The van der Waals surface area contributed by atoms with Crippen LogP contribution in [0.2, 0.25) is 0 Å². The molecule has 1 aliphatic heterocycles. The molecule has 2 N–H and O–H groups in total. The number of halogens is 3. The summed E-state index contributed by atoms with van der Waals surface area (Å²) in [5, 5.41) is 25.2. The van der Waals surface area contributed by atoms with Gasteiger partial charge in [-0.25, -0.2) is 9.69 Å². The number of carbonyl (C=O) groups excluding carboxylic acids is 3. The first-order valence-electron chi connectivity index (χ1n) is 10.4. The Morgan fingerprint density at radius 2 is 1.89 bits per heavy atom. The molecule has 0 aromatic heterocycles. The van der Waals surface area contributed by atoms with Crippen molar-refractivity contribution < 1.29 is 47.1 Å². The number of imide groups is 1. The van der Waals surface area contributed by atoms with Gasteiger partial charge in [0.05, 0.1) is 5.69 Å². The Morgan fingerprint density at radius 3 is 2.37 bits per heavy atom. The number of ether oxygens (including phenoxy) is 2. The number of alkyl halides is 3. The monoisotopic (exact) mass is 503 g/mol. The fourth-order valence-corrected chi connectivity index (χ4v) is 4.83. The normalized spacial score (nSPS) is 28.1. The highest BCUT2D eigenvalue weighted by Crippen LogP contribution is 2.56. The first-order chi connectivity index (χ1) is 15.8. The number of carbonyl (C=O) groups is 3. The molecule has 0 bridgehead atoms. The van der Waals surface area contributed by atoms with Crippen LogP contribution in [-0.4, -0.2) is 57.6 Å². The summed E-state index contributed by atoms with van der Waals surface area (Å²) >= 11 is 0. The Kier molecular flexibility index (Phi) is 6.04. The highest BCUT2D eigenvalue weighted by molar-refractivity contribution is 6.22. The summed E-state index contributed by atoms with van der Waals surface area (Å²) in [7, 11) is 0. The van der Waals surface area contributed by atoms with Gasteiger partial charge >= 0.3 is 12.5 Å². The number of anilines is 1. The van der Waals surface area contributed by atoms with Crippen molar-refractivity contribution in [2.45, 2.75) is 76.1 Å². The Morgan fingerprint density at radius 1 is 1.29 bits per heavy atom. The van der Waals surface area contributed by atoms with Gasteiger partial charge in [-0.3, -0.25) is 19.7 Å². The highest BCUT2D eigenvalue weighted by atomic mass is 19.4. The standard InChI is InChI=1S/C21H24F3N3O8/c1-10(28)25-14-15(27(32)33)19(5,31)9-20(14)12-8-11(34-21(22,23)24)6-7-13(12)26(16(20)29)17(30)35-18(2,3)4/h6-8,14-15,31H,9H2,1-5H3,(H,25,28)/t14-,15-,19+,20-/m0/s1. The van der Waals surface area contributed by atoms with Crippen molar-refractivity contribution in [1.82, 2.24) is 5.32 Å². The smallest absolute Gasteiger partial charge is 0.443 e. The molecule has 1 aliphatic carbocycles. The number of nitrogens with one attached hydrogen (secondary N) is 1. The Hall–Kier alpha value is -3.42. The van der Waals surface area contributed by atoms with E-state index in [0.717, 1.165) is 32.0 Å². The minimum absolute atomic E-state index is 0.214. The molecular formula is C21H24F3N3O8. The quantitative estimate of drug-likeness (QED) is 0.472. The molecule has 1 fully saturated rings. The number of hydrogen-bond donors (Lipinski definition) is 2. The van der Waals surface area contributed by atoms with Crippen molar-refractivity contribution in [3.05, 3.63) is 33.9 Å². The largest absolute Gasteiger partial charge is 0.573 e. The molecule has 3 rings (SSSR count). The van der Waals surface area contributed by atoms with Gasteiger partial charge in [-0.05, 0) is 51.5 Å². The van der Waals surface area contributed by atoms with Crippen LogP contribution >= 0.6 is 0 Å². The van der Waals surface area contributed by atoms with Gasteiger partial charge in [0.25, 0.3) is 6.04 Å². The lowest BCUT2D eigenvalue weighted by atomic mass is 9.75. The van der Waals surface area contributed by atoms with E-state index in [2.05, 4.69) is 10.1 Å². The zero-order valence-electron chi connectivity index (χ0n) is 19.4. The minimum Gasteiger partial charge on any atom is -0.443 e. The van der Waals surface area contributed by atoms with Gasteiger partial charge in [0.1, 0.15) is 28.4 Å². The summed E-state index contributed by atoms with van der Waals surface area (Å²) in [5.74, 6) is -2.67. The van der Waals surface area contributed by atoms with Crippen LogP contribution in [0, 0.1) is 10.1 Å². The van der Waals surface area contributed by atoms with Crippen molar-refractivity contribution in [2.24, 2.45) is 0 Å². The van der Waals surface area contributed by atoms with E-state index in [1.165, 1.54) is 20.8 Å². The number of benzene rings is 1. The van der Waals surface area contributed by atoms with Crippen LogP contribution in [0.1, 0.15) is 46.6 Å². The molecule has 4 atom stereocenters. The molecule has 1 spiro atoms. The van der Waals surface area contributed by atoms with Gasteiger partial charge in [-0.15, -0.1) is 13.2 Å². The maximum Gasteiger partial charge on any atom is 0.573 e. The average Bonchev–Trinajstić information content (AvgIpc) is 3.00. The molecule has 3 amide bonds. The Labute approximate surface area is 197 Å². The van der Waals surface area contributed by atoms with E-state index in [1.54, 1.807) is 0 Å². The van der Waals surface area contributed by atoms with E-state index < -0.39 is 70.1 Å². The van der Waals surface area contributed by atoms with Crippen LogP contribution in [0.3, 0.4) is 0 Å². The molecule has 11 nitrogen and oxygen atoms in total. The van der Waals surface area contributed by atoms with Crippen molar-refractivity contribution in [3.63, 3.8) is 0 Å². The first-order valence-corrected chi connectivity index (χ1v) is 10.4. The Bertz CT molecular complexity index is 1100. The summed E-state index contributed by atoms with van der Waals surface area (Å²) in [5.41, 5.74) is -5.93. The Balaban J connectivity index is 2.30. The van der Waals surface area contributed by atoms with Crippen LogP contribution in [0.4, 0.5) is 23.7 Å². The molecule has 35 heavy (non-hydrogen) atoms. The van der Waals surface area contributed by atoms with Crippen LogP contribution in [-0.2, 0) is 19.7 Å². The van der Waals surface area contributed by atoms with Crippen molar-refractivity contribution in [1.29, 1.82) is 0 Å². The summed E-state index contributed by atoms with van der Waals surface area (Å²) in [6.45, 7) is 6.65. The number of nitrogens with zero attached hydrogens (tertiary/aromatic N) is 2. The maximum atomic E-state index is 13.8. The third-order valence-corrected chi connectivity index (χ3v) is 5.79. The third-order valence-electron chi connectivity index (χ3n) is 5.79. The number of rotatable bonds is 3. The second kappa shape index (κ2) is 8.07. The number of hydrogen-bond acceptors (Lipinski definition) is 8. The lowest BCUT2D eigenvalue weighted by Crippen LogP contribution is -2.59. The van der Waals surface area contributed by atoms with Gasteiger partial charge in [0, 0.05) is 18.3 Å². The fourth-order valence-electron chi connectivity index (χ4n) is 4.83. The lowest BCUT2D eigenvalue weighted by Gasteiger charge is -2.30. The zero-order chi connectivity index (χ0) is 26.7. The molecule has 1 heterocycles. The first kappa shape index (κ1) is 26.2. The molecule has 1 aromatic rings. The van der Waals surface area contributed by atoms with E-state index in [0.29, 0.717) is 4.90 Å². The van der Waals surface area contributed by atoms with Gasteiger partial charge in [0.2, 0.25) is 11.8 Å². The number of aliphatic hydroxyl groups is 1. The van der Waals surface area contributed by atoms with Crippen LogP contribution in [0.15, 0.2) is 18.2 Å². The molecular weight excluding hydrogens is 479 g/mol. The van der Waals surface area contributed by atoms with Crippen LogP contribution in [0.25, 0.3) is 0 Å². The van der Waals surface area contributed by atoms with Gasteiger partial charge in [0.15, 0.2) is 0 Å². The van der Waals surface area contributed by atoms with Crippen molar-refractivity contribution in [2.75, 3.05) is 4.90 Å². The van der Waals surface area contributed by atoms with Crippen molar-refractivity contribution in [3.8, 4) is 5.75 Å². The molecule has 1 saturated carbocycles. The van der Waals surface area contributed by atoms with Gasteiger partial charge < -0.3 is 19.9 Å². The van der Waals surface area contributed by atoms with E-state index in [4.69, 9.17) is 4.74 Å². The molecule has 0 unspecified atom stereocenters. The van der Waals surface area contributed by atoms with Gasteiger partial charge in [-0.1, -0.05) is 0 Å². The molecule has 14 heteroatoms. The third kappa shape index (κ3) is 4.61. The van der Waals surface area contributed by atoms with E-state index in [1.807, 2.05) is 0 Å². The number of nitro groups is 1. The molecule has 192 valence electrons. The summed E-state index contributed by atoms with van der Waals surface area (Å²) in [4.78, 5) is 50.4. The average molecular weight is 503 g/mol. The number of fused-ring (bicyclic) bond motifs is 2. The molecule has 2 aliphatic rings. The van der Waals surface area contributed by atoms with E-state index in [-0.39, 0.29) is 11.3 Å². The second-order valence-electron chi connectivity index (χ2n) is 9.76. The lowest BCUT2D eigenvalue weighted by molar-refractivity contribution is -0.543. The topological polar surface area (TPSA) is 148 Å². The predicted molar refractivity (Wildman–Crippen MR) is 112 cm³/mol. The highest BCUT2D eigenvalue weighted by Gasteiger charge is 2.73. The van der Waals surface area contributed by atoms with E-state index >= 15 is 0 Å². The predicted octanol–water partition coefficient (Wildman–Crippen LogP) is 2.41. The SMILES string of the molecule is CC(=O)N[C@H]1[C@H]([N+](=O)[O-])[C@](C)(O)C[C@@]12C(=O)N(C(=O)OC(C)(C)C)c1ccc(OC(F)(F)F)cc12. The van der Waals surface area contributed by atoms with E-state index in [9.17, 15) is 42.8 Å². The second-order valence-corrected chi connectivity index (χ2v) is 9.76. The fraction of sp³-hybridized carbons (Fsp3) is 0.571. The van der Waals surface area contributed by atoms with Crippen LogP contribution < -0.4 is 15.0 Å². The molecule has 0 radical (unpaired) electrons. The summed E-state index contributed by atoms with van der Waals surface area (Å²) in [6, 6.07) is -0.968. The zero-order valence-corrected chi connectivity index (χ0v) is 19.4. The van der Waals surface area contributed by atoms with Crippen molar-refractivity contribution >= 4 is 23.6 Å². The summed E-state index contributed by atoms with van der Waals surface area (Å²) < 4.78 is 48.0.